The summed E-state index contributed by atoms with van der Waals surface area (Å²) in [6.45, 7) is 3.28. The molecule has 2 aliphatic rings. The monoisotopic (exact) mass is 557 g/mol. The molecule has 1 unspecified atom stereocenters. The first-order valence-corrected chi connectivity index (χ1v) is 11.4. The van der Waals surface area contributed by atoms with Gasteiger partial charge in [-0.3, -0.25) is 4.99 Å². The van der Waals surface area contributed by atoms with E-state index in [0.29, 0.717) is 37.0 Å². The minimum Gasteiger partial charge on any atom is -0.495 e. The van der Waals surface area contributed by atoms with Gasteiger partial charge in [0.15, 0.2) is 5.96 Å². The van der Waals surface area contributed by atoms with Crippen LogP contribution in [0.25, 0.3) is 0 Å². The van der Waals surface area contributed by atoms with Gasteiger partial charge in [0.25, 0.3) is 0 Å². The van der Waals surface area contributed by atoms with Crippen LogP contribution in [0.1, 0.15) is 12.8 Å². The Hall–Kier alpha value is -0.980. The van der Waals surface area contributed by atoms with Gasteiger partial charge in [-0.1, -0.05) is 11.6 Å². The second kappa shape index (κ2) is 10.9. The third kappa shape index (κ3) is 6.25. The Morgan fingerprint density at radius 2 is 2.17 bits per heavy atom. The number of sulfonamides is 1. The van der Waals surface area contributed by atoms with Crippen molar-refractivity contribution in [2.75, 3.05) is 57.5 Å². The minimum absolute atomic E-state index is 0. The molecule has 8 nitrogen and oxygen atoms in total. The molecule has 29 heavy (non-hydrogen) atoms. The van der Waals surface area contributed by atoms with E-state index in [2.05, 4.69) is 20.5 Å². The summed E-state index contributed by atoms with van der Waals surface area (Å²) in [4.78, 5) is 6.50. The van der Waals surface area contributed by atoms with Crippen LogP contribution < -0.4 is 20.3 Å². The Morgan fingerprint density at radius 3 is 2.83 bits per heavy atom. The van der Waals surface area contributed by atoms with Gasteiger partial charge in [-0.2, -0.15) is 0 Å². The second-order valence-corrected chi connectivity index (χ2v) is 9.48. The first-order chi connectivity index (χ1) is 13.4. The van der Waals surface area contributed by atoms with Crippen molar-refractivity contribution in [1.29, 1.82) is 0 Å². The van der Waals surface area contributed by atoms with Crippen LogP contribution >= 0.6 is 35.6 Å². The van der Waals surface area contributed by atoms with Crippen molar-refractivity contribution in [1.82, 2.24) is 14.9 Å². The lowest BCUT2D eigenvalue weighted by Crippen LogP contribution is -2.46. The van der Waals surface area contributed by atoms with Crippen molar-refractivity contribution in [3.8, 4) is 5.75 Å². The fourth-order valence-electron chi connectivity index (χ4n) is 3.64. The Balaban J connectivity index is 0.00000300. The molecule has 0 bridgehead atoms. The van der Waals surface area contributed by atoms with E-state index in [0.717, 1.165) is 30.9 Å². The van der Waals surface area contributed by atoms with E-state index < -0.39 is 10.0 Å². The summed E-state index contributed by atoms with van der Waals surface area (Å²) < 4.78 is 30.7. The Bertz CT molecular complexity index is 824. The number of benzene rings is 1. The van der Waals surface area contributed by atoms with Gasteiger partial charge in [0.1, 0.15) is 5.75 Å². The Morgan fingerprint density at radius 1 is 1.38 bits per heavy atom. The molecule has 2 saturated heterocycles. The summed E-state index contributed by atoms with van der Waals surface area (Å²) in [5.74, 6) is 1.74. The maximum atomic E-state index is 11.9. The van der Waals surface area contributed by atoms with Gasteiger partial charge < -0.3 is 20.3 Å². The predicted octanol–water partition coefficient (Wildman–Crippen LogP) is 1.75. The van der Waals surface area contributed by atoms with Crippen LogP contribution in [0.3, 0.4) is 0 Å². The van der Waals surface area contributed by atoms with E-state index in [4.69, 9.17) is 16.3 Å². The lowest BCUT2D eigenvalue weighted by atomic mass is 10.2. The SMILES string of the molecule is CN=C(NCCN1CCCS1(=O)=O)NC1CCN(c2cc(Cl)ccc2OC)C1.I. The van der Waals surface area contributed by atoms with Crippen LogP contribution in [0.15, 0.2) is 23.2 Å². The molecule has 2 heterocycles. The normalized spacial score (nSPS) is 21.7. The van der Waals surface area contributed by atoms with Gasteiger partial charge in [0, 0.05) is 50.8 Å². The highest BCUT2D eigenvalue weighted by molar-refractivity contribution is 14.0. The first-order valence-electron chi connectivity index (χ1n) is 9.46. The lowest BCUT2D eigenvalue weighted by Gasteiger charge is -2.22. The Labute approximate surface area is 195 Å². The molecule has 0 radical (unpaired) electrons. The molecule has 11 heteroatoms. The summed E-state index contributed by atoms with van der Waals surface area (Å²) in [6, 6.07) is 5.85. The van der Waals surface area contributed by atoms with E-state index in [1.165, 1.54) is 4.31 Å². The number of guanidine groups is 1. The fraction of sp³-hybridized carbons (Fsp3) is 0.611. The summed E-state index contributed by atoms with van der Waals surface area (Å²) in [5, 5.41) is 7.32. The van der Waals surface area contributed by atoms with Crippen molar-refractivity contribution in [2.45, 2.75) is 18.9 Å². The molecule has 1 aromatic rings. The molecule has 2 fully saturated rings. The Kier molecular flexibility index (Phi) is 9.11. The van der Waals surface area contributed by atoms with Gasteiger partial charge in [0.2, 0.25) is 10.0 Å². The lowest BCUT2D eigenvalue weighted by molar-refractivity contribution is 0.415. The van der Waals surface area contributed by atoms with Crippen molar-refractivity contribution in [2.24, 2.45) is 4.99 Å². The van der Waals surface area contributed by atoms with Crippen LogP contribution in [-0.4, -0.2) is 77.4 Å². The van der Waals surface area contributed by atoms with Gasteiger partial charge in [-0.25, -0.2) is 12.7 Å². The minimum atomic E-state index is -3.06. The second-order valence-electron chi connectivity index (χ2n) is 6.96. The fourth-order valence-corrected chi connectivity index (χ4v) is 5.33. The molecular weight excluding hydrogens is 529 g/mol. The number of methoxy groups -OCH3 is 1. The molecule has 1 atom stereocenters. The van der Waals surface area contributed by atoms with E-state index >= 15 is 0 Å². The number of anilines is 1. The van der Waals surface area contributed by atoms with Crippen molar-refractivity contribution in [3.05, 3.63) is 23.2 Å². The van der Waals surface area contributed by atoms with Crippen LogP contribution in [0.4, 0.5) is 5.69 Å². The summed E-state index contributed by atoms with van der Waals surface area (Å²) in [6.07, 6.45) is 1.66. The van der Waals surface area contributed by atoms with Gasteiger partial charge in [-0.05, 0) is 31.0 Å². The quantitative estimate of drug-likeness (QED) is 0.315. The number of rotatable bonds is 6. The van der Waals surface area contributed by atoms with E-state index in [1.54, 1.807) is 14.2 Å². The van der Waals surface area contributed by atoms with E-state index in [1.807, 2.05) is 18.2 Å². The summed E-state index contributed by atoms with van der Waals surface area (Å²) in [5.41, 5.74) is 0.987. The van der Waals surface area contributed by atoms with Crippen molar-refractivity contribution >= 4 is 57.2 Å². The van der Waals surface area contributed by atoms with Crippen molar-refractivity contribution < 1.29 is 13.2 Å². The number of hydrogen-bond donors (Lipinski definition) is 2. The van der Waals surface area contributed by atoms with E-state index in [9.17, 15) is 8.42 Å². The third-order valence-corrected chi connectivity index (χ3v) is 7.28. The number of ether oxygens (including phenoxy) is 1. The number of hydrogen-bond acceptors (Lipinski definition) is 5. The largest absolute Gasteiger partial charge is 0.495 e. The highest BCUT2D eigenvalue weighted by Gasteiger charge is 2.28. The number of nitrogens with one attached hydrogen (secondary N) is 2. The zero-order chi connectivity index (χ0) is 20.1. The molecule has 164 valence electrons. The summed E-state index contributed by atoms with van der Waals surface area (Å²) >= 11 is 6.15. The average Bonchev–Trinajstić information content (AvgIpc) is 3.27. The molecule has 0 amide bonds. The highest BCUT2D eigenvalue weighted by atomic mass is 127. The maximum absolute atomic E-state index is 11.9. The number of halogens is 2. The summed E-state index contributed by atoms with van der Waals surface area (Å²) in [7, 11) is 0.316. The molecule has 0 aromatic heterocycles. The van der Waals surface area contributed by atoms with Gasteiger partial charge >= 0.3 is 0 Å². The van der Waals surface area contributed by atoms with Crippen LogP contribution in [-0.2, 0) is 10.0 Å². The molecule has 0 aliphatic carbocycles. The molecular formula is C18H29ClIN5O3S. The van der Waals surface area contributed by atoms with Crippen molar-refractivity contribution in [3.63, 3.8) is 0 Å². The maximum Gasteiger partial charge on any atom is 0.214 e. The zero-order valence-electron chi connectivity index (χ0n) is 16.7. The van der Waals surface area contributed by atoms with E-state index in [-0.39, 0.29) is 35.8 Å². The topological polar surface area (TPSA) is 86.3 Å². The molecule has 2 N–H and O–H groups in total. The van der Waals surface area contributed by atoms with Crippen LogP contribution in [0.2, 0.25) is 5.02 Å². The molecule has 0 saturated carbocycles. The first kappa shape index (κ1) is 24.3. The van der Waals surface area contributed by atoms with Crippen LogP contribution in [0, 0.1) is 0 Å². The van der Waals surface area contributed by atoms with Gasteiger partial charge in [-0.15, -0.1) is 24.0 Å². The average molecular weight is 558 g/mol. The number of nitrogens with zero attached hydrogens (tertiary/aromatic N) is 3. The molecule has 1 aromatic carbocycles. The molecule has 0 spiro atoms. The standard InChI is InChI=1S/C18H28ClN5O3S.HI/c1-20-18(21-7-10-24-8-3-11-28(24,25)26)22-15-6-9-23(13-15)16-12-14(19)4-5-17(16)27-2;/h4-5,12,15H,3,6-11,13H2,1-2H3,(H2,20,21,22);1H. The number of aliphatic imine (C=N–C) groups is 1. The van der Waals surface area contributed by atoms with Crippen LogP contribution in [0.5, 0.6) is 5.75 Å². The zero-order valence-corrected chi connectivity index (χ0v) is 20.6. The smallest absolute Gasteiger partial charge is 0.214 e. The highest BCUT2D eigenvalue weighted by Crippen LogP contribution is 2.33. The predicted molar refractivity (Wildman–Crippen MR) is 129 cm³/mol. The molecule has 2 aliphatic heterocycles. The van der Waals surface area contributed by atoms with Gasteiger partial charge in [0.05, 0.1) is 18.6 Å². The third-order valence-electron chi connectivity index (χ3n) is 5.09. The molecule has 3 rings (SSSR count).